The van der Waals surface area contributed by atoms with E-state index in [0.717, 1.165) is 27.2 Å². The van der Waals surface area contributed by atoms with Crippen molar-refractivity contribution < 1.29 is 0 Å². The van der Waals surface area contributed by atoms with Crippen LogP contribution >= 0.6 is 38.9 Å². The molecule has 0 saturated carbocycles. The quantitative estimate of drug-likeness (QED) is 0.689. The van der Waals surface area contributed by atoms with E-state index in [1.165, 1.54) is 10.3 Å². The highest BCUT2D eigenvalue weighted by Crippen LogP contribution is 2.24. The largest absolute Gasteiger partial charge is 0.381 e. The number of rotatable bonds is 3. The van der Waals surface area contributed by atoms with Gasteiger partial charge in [0.15, 0.2) is 0 Å². The molecule has 2 nitrogen and oxygen atoms in total. The number of hydrogen-bond acceptors (Lipinski definition) is 3. The minimum Gasteiger partial charge on any atom is -0.381 e. The predicted octanol–water partition coefficient (Wildman–Crippen LogP) is 5.32. The van der Waals surface area contributed by atoms with Gasteiger partial charge in [0.25, 0.3) is 0 Å². The molecule has 0 aliphatic heterocycles. The van der Waals surface area contributed by atoms with Crippen LogP contribution in [0.15, 0.2) is 46.4 Å². The summed E-state index contributed by atoms with van der Waals surface area (Å²) in [7, 11) is 0. The van der Waals surface area contributed by atoms with Crippen LogP contribution in [0.4, 0.5) is 5.69 Å². The summed E-state index contributed by atoms with van der Waals surface area (Å²) in [5.41, 5.74) is 5.18. The first-order chi connectivity index (χ1) is 9.22. The number of hydrogen-bond donors (Lipinski definition) is 1. The Kier molecular flexibility index (Phi) is 3.73. The van der Waals surface area contributed by atoms with Crippen molar-refractivity contribution in [1.82, 2.24) is 4.98 Å². The molecule has 0 fully saturated rings. The van der Waals surface area contributed by atoms with Crippen molar-refractivity contribution in [3.8, 4) is 0 Å². The Labute approximate surface area is 128 Å². The molecule has 2 aromatic carbocycles. The van der Waals surface area contributed by atoms with Gasteiger partial charge in [-0.1, -0.05) is 33.6 Å². The van der Waals surface area contributed by atoms with Gasteiger partial charge in [0.2, 0.25) is 0 Å². The third-order valence-electron chi connectivity index (χ3n) is 2.83. The SMILES string of the molecule is Clc1ccc(CNc2ccc3ncsc3c2)c(Br)c1. The summed E-state index contributed by atoms with van der Waals surface area (Å²) in [6, 6.07) is 12.0. The van der Waals surface area contributed by atoms with Gasteiger partial charge in [0, 0.05) is 21.7 Å². The average molecular weight is 354 g/mol. The fourth-order valence-electron chi connectivity index (χ4n) is 1.83. The van der Waals surface area contributed by atoms with Crippen LogP contribution in [-0.4, -0.2) is 4.98 Å². The molecule has 0 aliphatic carbocycles. The van der Waals surface area contributed by atoms with Crippen LogP contribution in [0.5, 0.6) is 0 Å². The van der Waals surface area contributed by atoms with Gasteiger partial charge in [0.1, 0.15) is 0 Å². The molecule has 3 aromatic rings. The summed E-state index contributed by atoms with van der Waals surface area (Å²) in [6.45, 7) is 0.752. The summed E-state index contributed by atoms with van der Waals surface area (Å²) >= 11 is 11.1. The van der Waals surface area contributed by atoms with Gasteiger partial charge < -0.3 is 5.32 Å². The molecule has 96 valence electrons. The lowest BCUT2D eigenvalue weighted by Crippen LogP contribution is -1.99. The molecule has 0 unspecified atom stereocenters. The van der Waals surface area contributed by atoms with Crippen molar-refractivity contribution in [1.29, 1.82) is 0 Å². The number of aromatic nitrogens is 1. The second-order valence-corrected chi connectivity index (χ2v) is 6.30. The van der Waals surface area contributed by atoms with Gasteiger partial charge >= 0.3 is 0 Å². The number of anilines is 1. The minimum atomic E-state index is 0.738. The fourth-order valence-corrected chi connectivity index (χ4v) is 3.37. The van der Waals surface area contributed by atoms with E-state index in [2.05, 4.69) is 32.3 Å². The molecule has 19 heavy (non-hydrogen) atoms. The maximum absolute atomic E-state index is 5.93. The Morgan fingerprint density at radius 3 is 2.95 bits per heavy atom. The van der Waals surface area contributed by atoms with Gasteiger partial charge in [-0.15, -0.1) is 11.3 Å². The average Bonchev–Trinajstić information content (AvgIpc) is 2.85. The summed E-state index contributed by atoms with van der Waals surface area (Å²) in [4.78, 5) is 4.27. The zero-order valence-electron chi connectivity index (χ0n) is 9.86. The molecule has 0 bridgehead atoms. The molecule has 0 saturated heterocycles. The van der Waals surface area contributed by atoms with Gasteiger partial charge in [-0.3, -0.25) is 0 Å². The van der Waals surface area contributed by atoms with Crippen molar-refractivity contribution in [2.45, 2.75) is 6.54 Å². The molecule has 0 amide bonds. The first-order valence-corrected chi connectivity index (χ1v) is 7.78. The molecule has 0 radical (unpaired) electrons. The standard InChI is InChI=1S/C14H10BrClN2S/c15-12-5-10(16)2-1-9(12)7-17-11-3-4-13-14(6-11)19-8-18-13/h1-6,8,17H,7H2. The molecule has 0 spiro atoms. The van der Waals surface area contributed by atoms with Crippen LogP contribution in [0.3, 0.4) is 0 Å². The number of nitrogens with one attached hydrogen (secondary N) is 1. The van der Waals surface area contributed by atoms with Crippen molar-refractivity contribution in [2.24, 2.45) is 0 Å². The number of fused-ring (bicyclic) bond motifs is 1. The molecule has 0 atom stereocenters. The summed E-state index contributed by atoms with van der Waals surface area (Å²) < 4.78 is 2.21. The molecule has 5 heteroatoms. The van der Waals surface area contributed by atoms with Gasteiger partial charge in [-0.05, 0) is 35.9 Å². The van der Waals surface area contributed by atoms with Gasteiger partial charge in [-0.2, -0.15) is 0 Å². The zero-order valence-corrected chi connectivity index (χ0v) is 13.0. The third-order valence-corrected chi connectivity index (χ3v) is 4.59. The number of thiazole rings is 1. The minimum absolute atomic E-state index is 0.738. The maximum atomic E-state index is 5.93. The molecular formula is C14H10BrClN2S. The zero-order chi connectivity index (χ0) is 13.2. The Bertz CT molecular complexity index is 726. The Balaban J connectivity index is 1.77. The van der Waals surface area contributed by atoms with Crippen molar-refractivity contribution in [3.63, 3.8) is 0 Å². The van der Waals surface area contributed by atoms with Crippen LogP contribution in [0.2, 0.25) is 5.02 Å². The highest BCUT2D eigenvalue weighted by atomic mass is 79.9. The molecule has 0 aliphatic rings. The van der Waals surface area contributed by atoms with E-state index < -0.39 is 0 Å². The first-order valence-electron chi connectivity index (χ1n) is 5.73. The molecule has 1 N–H and O–H groups in total. The number of nitrogens with zero attached hydrogens (tertiary/aromatic N) is 1. The number of benzene rings is 2. The van der Waals surface area contributed by atoms with Crippen molar-refractivity contribution in [3.05, 3.63) is 57.0 Å². The topological polar surface area (TPSA) is 24.9 Å². The van der Waals surface area contributed by atoms with Gasteiger partial charge in [-0.25, -0.2) is 4.98 Å². The third kappa shape index (κ3) is 2.91. The van der Waals surface area contributed by atoms with E-state index in [1.54, 1.807) is 11.3 Å². The van der Waals surface area contributed by atoms with E-state index in [4.69, 9.17) is 11.6 Å². The summed E-state index contributed by atoms with van der Waals surface area (Å²) in [5, 5.41) is 4.15. The Hall–Kier alpha value is -1.10. The highest BCUT2D eigenvalue weighted by Gasteiger charge is 2.02. The molecule has 1 heterocycles. The van der Waals surface area contributed by atoms with Crippen LogP contribution in [0.1, 0.15) is 5.56 Å². The Morgan fingerprint density at radius 1 is 1.21 bits per heavy atom. The monoisotopic (exact) mass is 352 g/mol. The van der Waals surface area contributed by atoms with Crippen LogP contribution in [0.25, 0.3) is 10.2 Å². The lowest BCUT2D eigenvalue weighted by Gasteiger charge is -2.08. The van der Waals surface area contributed by atoms with Crippen LogP contribution in [-0.2, 0) is 6.54 Å². The first kappa shape index (κ1) is 12.9. The lowest BCUT2D eigenvalue weighted by atomic mass is 10.2. The lowest BCUT2D eigenvalue weighted by molar-refractivity contribution is 1.14. The smallest absolute Gasteiger partial charge is 0.0813 e. The van der Waals surface area contributed by atoms with E-state index in [9.17, 15) is 0 Å². The second kappa shape index (κ2) is 5.49. The maximum Gasteiger partial charge on any atom is 0.0813 e. The van der Waals surface area contributed by atoms with Crippen molar-refractivity contribution in [2.75, 3.05) is 5.32 Å². The van der Waals surface area contributed by atoms with Crippen molar-refractivity contribution >= 4 is 54.8 Å². The summed E-state index contributed by atoms with van der Waals surface area (Å²) in [5.74, 6) is 0. The van der Waals surface area contributed by atoms with E-state index in [1.807, 2.05) is 35.8 Å². The van der Waals surface area contributed by atoms with E-state index in [0.29, 0.717) is 0 Å². The Morgan fingerprint density at radius 2 is 2.11 bits per heavy atom. The fraction of sp³-hybridized carbons (Fsp3) is 0.0714. The number of halogens is 2. The summed E-state index contributed by atoms with van der Waals surface area (Å²) in [6.07, 6.45) is 0. The van der Waals surface area contributed by atoms with Crippen LogP contribution in [0, 0.1) is 0 Å². The van der Waals surface area contributed by atoms with E-state index >= 15 is 0 Å². The molecular weight excluding hydrogens is 344 g/mol. The predicted molar refractivity (Wildman–Crippen MR) is 86.1 cm³/mol. The van der Waals surface area contributed by atoms with Gasteiger partial charge in [0.05, 0.1) is 15.7 Å². The highest BCUT2D eigenvalue weighted by molar-refractivity contribution is 9.10. The van der Waals surface area contributed by atoms with Crippen LogP contribution < -0.4 is 5.32 Å². The molecule has 1 aromatic heterocycles. The van der Waals surface area contributed by atoms with E-state index in [-0.39, 0.29) is 0 Å². The normalized spacial score (nSPS) is 10.8. The second-order valence-electron chi connectivity index (χ2n) is 4.12. The molecule has 3 rings (SSSR count).